The van der Waals surface area contributed by atoms with Crippen LogP contribution in [-0.2, 0) is 4.74 Å². The standard InChI is InChI=1S/C17H21N5O/c1-3-15(11-18-6-1)21-8-2-5-17(12-21)13-22(9-10-23-17)16-4-7-19-14-20-16/h1,3-4,6-7,11,14H,2,5,8-10,12-13H2. The third-order valence-corrected chi connectivity index (χ3v) is 4.69. The lowest BCUT2D eigenvalue weighted by molar-refractivity contribution is -0.0630. The minimum atomic E-state index is -0.128. The number of hydrogen-bond acceptors (Lipinski definition) is 6. The summed E-state index contributed by atoms with van der Waals surface area (Å²) in [6, 6.07) is 6.09. The van der Waals surface area contributed by atoms with Crippen LogP contribution in [0.1, 0.15) is 12.8 Å². The molecule has 1 atom stereocenters. The summed E-state index contributed by atoms with van der Waals surface area (Å²) in [6.07, 6.45) is 9.38. The second kappa shape index (κ2) is 6.12. The van der Waals surface area contributed by atoms with Crippen molar-refractivity contribution in [1.29, 1.82) is 0 Å². The molecular weight excluding hydrogens is 290 g/mol. The third-order valence-electron chi connectivity index (χ3n) is 4.69. The van der Waals surface area contributed by atoms with Crippen molar-refractivity contribution in [1.82, 2.24) is 15.0 Å². The number of pyridine rings is 1. The van der Waals surface area contributed by atoms with Gasteiger partial charge >= 0.3 is 0 Å². The molecule has 0 aromatic carbocycles. The van der Waals surface area contributed by atoms with Crippen LogP contribution in [0.4, 0.5) is 11.5 Å². The molecule has 120 valence electrons. The van der Waals surface area contributed by atoms with Gasteiger partial charge in [-0.1, -0.05) is 0 Å². The Kier molecular flexibility index (Phi) is 3.83. The van der Waals surface area contributed by atoms with Crippen LogP contribution >= 0.6 is 0 Å². The molecule has 0 bridgehead atoms. The fraction of sp³-hybridized carbons (Fsp3) is 0.471. The molecule has 1 spiro atoms. The number of morpholine rings is 1. The molecule has 2 aliphatic heterocycles. The Bertz CT molecular complexity index is 578. The van der Waals surface area contributed by atoms with Crippen molar-refractivity contribution >= 4 is 11.5 Å². The lowest BCUT2D eigenvalue weighted by Gasteiger charge is -2.48. The van der Waals surface area contributed by atoms with E-state index < -0.39 is 0 Å². The van der Waals surface area contributed by atoms with Crippen molar-refractivity contribution in [3.05, 3.63) is 43.1 Å². The second-order valence-electron chi connectivity index (χ2n) is 6.26. The van der Waals surface area contributed by atoms with E-state index in [2.05, 4.69) is 30.8 Å². The molecular formula is C17H21N5O. The zero-order valence-corrected chi connectivity index (χ0v) is 13.1. The molecule has 4 heterocycles. The topological polar surface area (TPSA) is 54.4 Å². The van der Waals surface area contributed by atoms with Gasteiger partial charge in [0.05, 0.1) is 25.0 Å². The quantitative estimate of drug-likeness (QED) is 0.842. The first-order valence-corrected chi connectivity index (χ1v) is 8.15. The largest absolute Gasteiger partial charge is 0.369 e. The van der Waals surface area contributed by atoms with Crippen molar-refractivity contribution < 1.29 is 4.74 Å². The Labute approximate surface area is 136 Å². The zero-order chi connectivity index (χ0) is 15.5. The normalized spacial score (nSPS) is 24.9. The highest BCUT2D eigenvalue weighted by Crippen LogP contribution is 2.32. The fourth-order valence-corrected chi connectivity index (χ4v) is 3.62. The van der Waals surface area contributed by atoms with E-state index in [4.69, 9.17) is 4.74 Å². The average Bonchev–Trinajstić information content (AvgIpc) is 2.63. The summed E-state index contributed by atoms with van der Waals surface area (Å²) in [5.41, 5.74) is 1.05. The Morgan fingerprint density at radius 3 is 2.83 bits per heavy atom. The molecule has 0 radical (unpaired) electrons. The molecule has 0 saturated carbocycles. The summed E-state index contributed by atoms with van der Waals surface area (Å²) in [7, 11) is 0. The van der Waals surface area contributed by atoms with Gasteiger partial charge in [-0.15, -0.1) is 0 Å². The Hall–Kier alpha value is -2.21. The van der Waals surface area contributed by atoms with Crippen molar-refractivity contribution in [3.8, 4) is 0 Å². The van der Waals surface area contributed by atoms with Crippen LogP contribution < -0.4 is 9.80 Å². The van der Waals surface area contributed by atoms with Crippen LogP contribution in [0.2, 0.25) is 0 Å². The molecule has 0 amide bonds. The Morgan fingerprint density at radius 2 is 2.00 bits per heavy atom. The smallest absolute Gasteiger partial charge is 0.132 e. The second-order valence-corrected chi connectivity index (χ2v) is 6.26. The Morgan fingerprint density at radius 1 is 1.04 bits per heavy atom. The minimum absolute atomic E-state index is 0.128. The van der Waals surface area contributed by atoms with Gasteiger partial charge in [0.1, 0.15) is 17.7 Å². The molecule has 2 aliphatic rings. The SMILES string of the molecule is c1cncc(N2CCCC3(C2)CN(c2ccncn2)CCO3)c1. The highest BCUT2D eigenvalue weighted by Gasteiger charge is 2.41. The van der Waals surface area contributed by atoms with E-state index in [1.54, 1.807) is 12.5 Å². The van der Waals surface area contributed by atoms with E-state index >= 15 is 0 Å². The summed E-state index contributed by atoms with van der Waals surface area (Å²) in [5.74, 6) is 0.987. The maximum absolute atomic E-state index is 6.26. The first-order valence-electron chi connectivity index (χ1n) is 8.15. The van der Waals surface area contributed by atoms with Gasteiger partial charge in [0.2, 0.25) is 0 Å². The summed E-state index contributed by atoms with van der Waals surface area (Å²) in [6.45, 7) is 4.46. The maximum atomic E-state index is 6.26. The summed E-state index contributed by atoms with van der Waals surface area (Å²) >= 11 is 0. The maximum Gasteiger partial charge on any atom is 0.132 e. The molecule has 1 unspecified atom stereocenters. The monoisotopic (exact) mass is 311 g/mol. The molecule has 2 aromatic heterocycles. The van der Waals surface area contributed by atoms with Crippen molar-refractivity contribution in [2.24, 2.45) is 0 Å². The molecule has 2 saturated heterocycles. The highest BCUT2D eigenvalue weighted by molar-refractivity contribution is 5.45. The molecule has 23 heavy (non-hydrogen) atoms. The minimum Gasteiger partial charge on any atom is -0.369 e. The van der Waals surface area contributed by atoms with Crippen LogP contribution in [0.5, 0.6) is 0 Å². The molecule has 2 aromatic rings. The molecule has 0 aliphatic carbocycles. The molecule has 2 fully saturated rings. The van der Waals surface area contributed by atoms with Gasteiger partial charge < -0.3 is 14.5 Å². The predicted molar refractivity (Wildman–Crippen MR) is 88.6 cm³/mol. The predicted octanol–water partition coefficient (Wildman–Crippen LogP) is 1.75. The van der Waals surface area contributed by atoms with Gasteiger partial charge in [0.15, 0.2) is 0 Å². The van der Waals surface area contributed by atoms with Gasteiger partial charge in [0, 0.05) is 32.0 Å². The van der Waals surface area contributed by atoms with E-state index in [-0.39, 0.29) is 5.60 Å². The van der Waals surface area contributed by atoms with Crippen LogP contribution in [0.25, 0.3) is 0 Å². The molecule has 6 heteroatoms. The first-order chi connectivity index (χ1) is 11.3. The van der Waals surface area contributed by atoms with E-state index in [1.165, 1.54) is 5.69 Å². The number of nitrogens with zero attached hydrogens (tertiary/aromatic N) is 5. The number of ether oxygens (including phenoxy) is 1. The van der Waals surface area contributed by atoms with Crippen LogP contribution in [0.15, 0.2) is 43.1 Å². The van der Waals surface area contributed by atoms with Crippen LogP contribution in [-0.4, -0.2) is 53.3 Å². The third kappa shape index (κ3) is 2.99. The van der Waals surface area contributed by atoms with Crippen LogP contribution in [0.3, 0.4) is 0 Å². The Balaban J connectivity index is 1.53. The van der Waals surface area contributed by atoms with Gasteiger partial charge in [-0.05, 0) is 31.0 Å². The number of anilines is 2. The van der Waals surface area contributed by atoms with Crippen molar-refractivity contribution in [3.63, 3.8) is 0 Å². The summed E-state index contributed by atoms with van der Waals surface area (Å²) in [4.78, 5) is 17.4. The molecule has 0 N–H and O–H groups in total. The van der Waals surface area contributed by atoms with E-state index in [0.717, 1.165) is 51.4 Å². The summed E-state index contributed by atoms with van der Waals surface area (Å²) < 4.78 is 6.26. The number of hydrogen-bond donors (Lipinski definition) is 0. The fourth-order valence-electron chi connectivity index (χ4n) is 3.62. The van der Waals surface area contributed by atoms with E-state index in [1.807, 2.05) is 24.5 Å². The molecule has 4 rings (SSSR count). The average molecular weight is 311 g/mol. The number of aromatic nitrogens is 3. The lowest BCUT2D eigenvalue weighted by atomic mass is 9.90. The lowest BCUT2D eigenvalue weighted by Crippen LogP contribution is -2.60. The van der Waals surface area contributed by atoms with Gasteiger partial charge in [-0.3, -0.25) is 4.98 Å². The number of piperidine rings is 1. The van der Waals surface area contributed by atoms with E-state index in [9.17, 15) is 0 Å². The number of rotatable bonds is 2. The van der Waals surface area contributed by atoms with Gasteiger partial charge in [-0.2, -0.15) is 0 Å². The van der Waals surface area contributed by atoms with Crippen molar-refractivity contribution in [2.75, 3.05) is 42.6 Å². The molecule has 6 nitrogen and oxygen atoms in total. The summed E-state index contributed by atoms with van der Waals surface area (Å²) in [5, 5.41) is 0. The van der Waals surface area contributed by atoms with Gasteiger partial charge in [-0.25, -0.2) is 9.97 Å². The van der Waals surface area contributed by atoms with Crippen LogP contribution in [0, 0.1) is 0 Å². The zero-order valence-electron chi connectivity index (χ0n) is 13.1. The van der Waals surface area contributed by atoms with Gasteiger partial charge in [0.25, 0.3) is 0 Å². The van der Waals surface area contributed by atoms with E-state index in [0.29, 0.717) is 0 Å². The van der Waals surface area contributed by atoms with Crippen molar-refractivity contribution in [2.45, 2.75) is 18.4 Å². The highest BCUT2D eigenvalue weighted by atomic mass is 16.5. The first kappa shape index (κ1) is 14.4.